The summed E-state index contributed by atoms with van der Waals surface area (Å²) in [5, 5.41) is 8.28. The number of fused-ring (bicyclic) bond motifs is 1. The summed E-state index contributed by atoms with van der Waals surface area (Å²) in [6, 6.07) is 0.481. The number of carbonyl (C=O) groups excluding carboxylic acids is 2. The van der Waals surface area contributed by atoms with Crippen molar-refractivity contribution in [2.24, 2.45) is 5.92 Å². The number of hydrogen-bond donors (Lipinski definition) is 3. The highest BCUT2D eigenvalue weighted by Crippen LogP contribution is 2.40. The molecule has 1 aliphatic heterocycles. The molecule has 5 heteroatoms. The number of piperidine rings is 1. The standard InChI is InChI=1S/C9H15N3O2/c1-10-8(13)4-11-9(14)7-3-5-2-6(5)12-7/h5-7,12H,2-4H2,1H3,(H,10,13)(H,11,14)/t5-,6-,7+/m1/s1. The quantitative estimate of drug-likeness (QED) is 0.521. The van der Waals surface area contributed by atoms with Crippen LogP contribution in [0.5, 0.6) is 0 Å². The molecule has 2 fully saturated rings. The second-order valence-electron chi connectivity index (χ2n) is 3.95. The third kappa shape index (κ3) is 1.87. The Bertz CT molecular complexity index is 257. The third-order valence-electron chi connectivity index (χ3n) is 2.89. The van der Waals surface area contributed by atoms with E-state index in [4.69, 9.17) is 0 Å². The molecule has 78 valence electrons. The molecular weight excluding hydrogens is 182 g/mol. The number of likely N-dealkylation sites (N-methyl/N-ethyl adjacent to an activating group) is 1. The summed E-state index contributed by atoms with van der Waals surface area (Å²) in [5.41, 5.74) is 0. The molecule has 1 aliphatic carbocycles. The van der Waals surface area contributed by atoms with Gasteiger partial charge in [-0.05, 0) is 18.8 Å². The molecule has 1 saturated heterocycles. The Kier molecular flexibility index (Phi) is 2.41. The summed E-state index contributed by atoms with van der Waals surface area (Å²) in [5.74, 6) is 0.480. The van der Waals surface area contributed by atoms with E-state index in [1.54, 1.807) is 7.05 Å². The zero-order chi connectivity index (χ0) is 10.1. The SMILES string of the molecule is CNC(=O)CNC(=O)[C@@H]1C[C@H]2C[C@H]2N1. The number of carbonyl (C=O) groups is 2. The molecule has 2 aliphatic rings. The topological polar surface area (TPSA) is 70.2 Å². The highest BCUT2D eigenvalue weighted by Gasteiger charge is 2.47. The fourth-order valence-corrected chi connectivity index (χ4v) is 1.90. The molecular formula is C9H15N3O2. The lowest BCUT2D eigenvalue weighted by Gasteiger charge is -2.12. The average molecular weight is 197 g/mol. The number of hydrogen-bond acceptors (Lipinski definition) is 3. The third-order valence-corrected chi connectivity index (χ3v) is 2.89. The van der Waals surface area contributed by atoms with Crippen LogP contribution in [0.15, 0.2) is 0 Å². The van der Waals surface area contributed by atoms with Crippen LogP contribution < -0.4 is 16.0 Å². The minimum atomic E-state index is -0.165. The van der Waals surface area contributed by atoms with Gasteiger partial charge >= 0.3 is 0 Å². The lowest BCUT2D eigenvalue weighted by atomic mass is 10.2. The van der Waals surface area contributed by atoms with Crippen LogP contribution in [0.4, 0.5) is 0 Å². The molecule has 1 heterocycles. The molecule has 0 aromatic rings. The Balaban J connectivity index is 1.70. The predicted molar refractivity (Wildman–Crippen MR) is 50.5 cm³/mol. The van der Waals surface area contributed by atoms with Gasteiger partial charge in [-0.15, -0.1) is 0 Å². The van der Waals surface area contributed by atoms with E-state index in [2.05, 4.69) is 16.0 Å². The summed E-state index contributed by atoms with van der Waals surface area (Å²) in [7, 11) is 1.55. The molecule has 5 nitrogen and oxygen atoms in total. The molecule has 0 aromatic heterocycles. The summed E-state index contributed by atoms with van der Waals surface area (Å²) >= 11 is 0. The Morgan fingerprint density at radius 3 is 2.79 bits per heavy atom. The van der Waals surface area contributed by atoms with Gasteiger partial charge in [-0.1, -0.05) is 0 Å². The van der Waals surface area contributed by atoms with Crippen molar-refractivity contribution in [2.45, 2.75) is 24.9 Å². The van der Waals surface area contributed by atoms with Gasteiger partial charge in [-0.25, -0.2) is 0 Å². The molecule has 1 saturated carbocycles. The molecule has 0 radical (unpaired) electrons. The van der Waals surface area contributed by atoms with Crippen LogP contribution in [-0.2, 0) is 9.59 Å². The molecule has 3 N–H and O–H groups in total. The Hall–Kier alpha value is -1.10. The highest BCUT2D eigenvalue weighted by atomic mass is 16.2. The van der Waals surface area contributed by atoms with E-state index < -0.39 is 0 Å². The summed E-state index contributed by atoms with van der Waals surface area (Å²) in [6.07, 6.45) is 2.13. The van der Waals surface area contributed by atoms with Gasteiger partial charge in [-0.2, -0.15) is 0 Å². The molecule has 3 atom stereocenters. The summed E-state index contributed by atoms with van der Waals surface area (Å²) in [6.45, 7) is 0.0723. The molecule has 0 unspecified atom stereocenters. The van der Waals surface area contributed by atoms with Gasteiger partial charge in [0.25, 0.3) is 0 Å². The minimum absolute atomic E-state index is 0.0548. The normalized spacial score (nSPS) is 33.4. The first-order chi connectivity index (χ1) is 6.70. The molecule has 14 heavy (non-hydrogen) atoms. The van der Waals surface area contributed by atoms with Crippen LogP contribution in [0.1, 0.15) is 12.8 Å². The summed E-state index contributed by atoms with van der Waals surface area (Å²) < 4.78 is 0. The van der Waals surface area contributed by atoms with Crippen molar-refractivity contribution in [1.29, 1.82) is 0 Å². The van der Waals surface area contributed by atoms with Crippen LogP contribution in [0.2, 0.25) is 0 Å². The van der Waals surface area contributed by atoms with E-state index in [1.165, 1.54) is 6.42 Å². The lowest BCUT2D eigenvalue weighted by molar-refractivity contribution is -0.127. The Morgan fingerprint density at radius 2 is 2.21 bits per heavy atom. The lowest BCUT2D eigenvalue weighted by Crippen LogP contribution is -2.45. The number of rotatable bonds is 3. The molecule has 0 bridgehead atoms. The maximum atomic E-state index is 11.5. The minimum Gasteiger partial charge on any atom is -0.358 e. The molecule has 2 amide bonds. The smallest absolute Gasteiger partial charge is 0.239 e. The van der Waals surface area contributed by atoms with Crippen molar-refractivity contribution < 1.29 is 9.59 Å². The maximum Gasteiger partial charge on any atom is 0.239 e. The maximum absolute atomic E-state index is 11.5. The van der Waals surface area contributed by atoms with Gasteiger partial charge in [0.05, 0.1) is 12.6 Å². The predicted octanol–water partition coefficient (Wildman–Crippen LogP) is -1.40. The second kappa shape index (κ2) is 3.57. The van der Waals surface area contributed by atoms with Gasteiger partial charge in [0.2, 0.25) is 11.8 Å². The zero-order valence-corrected chi connectivity index (χ0v) is 8.17. The number of amides is 2. The Labute approximate surface area is 82.6 Å². The van der Waals surface area contributed by atoms with E-state index in [9.17, 15) is 9.59 Å². The van der Waals surface area contributed by atoms with Crippen molar-refractivity contribution in [3.8, 4) is 0 Å². The monoisotopic (exact) mass is 197 g/mol. The van der Waals surface area contributed by atoms with Crippen molar-refractivity contribution in [2.75, 3.05) is 13.6 Å². The zero-order valence-electron chi connectivity index (χ0n) is 8.17. The van der Waals surface area contributed by atoms with Crippen LogP contribution in [0.3, 0.4) is 0 Å². The van der Waals surface area contributed by atoms with Crippen molar-refractivity contribution in [3.05, 3.63) is 0 Å². The van der Waals surface area contributed by atoms with E-state index in [0.29, 0.717) is 12.0 Å². The van der Waals surface area contributed by atoms with E-state index >= 15 is 0 Å². The first kappa shape index (κ1) is 9.45. The van der Waals surface area contributed by atoms with Crippen molar-refractivity contribution >= 4 is 11.8 Å². The van der Waals surface area contributed by atoms with E-state index in [1.807, 2.05) is 0 Å². The average Bonchev–Trinajstić information content (AvgIpc) is 2.81. The Morgan fingerprint density at radius 1 is 1.43 bits per heavy atom. The fraction of sp³-hybridized carbons (Fsp3) is 0.778. The van der Waals surface area contributed by atoms with Crippen LogP contribution in [0, 0.1) is 5.92 Å². The van der Waals surface area contributed by atoms with Crippen LogP contribution in [0.25, 0.3) is 0 Å². The fourth-order valence-electron chi connectivity index (χ4n) is 1.90. The van der Waals surface area contributed by atoms with Gasteiger partial charge in [-0.3, -0.25) is 9.59 Å². The van der Waals surface area contributed by atoms with Crippen molar-refractivity contribution in [1.82, 2.24) is 16.0 Å². The highest BCUT2D eigenvalue weighted by molar-refractivity contribution is 5.87. The first-order valence-corrected chi connectivity index (χ1v) is 4.95. The van der Waals surface area contributed by atoms with E-state index in [-0.39, 0.29) is 24.4 Å². The number of nitrogens with one attached hydrogen (secondary N) is 3. The van der Waals surface area contributed by atoms with Gasteiger partial charge in [0.1, 0.15) is 0 Å². The van der Waals surface area contributed by atoms with Crippen molar-refractivity contribution in [3.63, 3.8) is 0 Å². The largest absolute Gasteiger partial charge is 0.358 e. The molecule has 0 spiro atoms. The van der Waals surface area contributed by atoms with Crippen LogP contribution >= 0.6 is 0 Å². The van der Waals surface area contributed by atoms with Gasteiger partial charge < -0.3 is 16.0 Å². The second-order valence-corrected chi connectivity index (χ2v) is 3.95. The summed E-state index contributed by atoms with van der Waals surface area (Å²) in [4.78, 5) is 22.3. The molecule has 2 rings (SSSR count). The van der Waals surface area contributed by atoms with Gasteiger partial charge in [0.15, 0.2) is 0 Å². The molecule has 0 aromatic carbocycles. The van der Waals surface area contributed by atoms with E-state index in [0.717, 1.165) is 6.42 Å². The first-order valence-electron chi connectivity index (χ1n) is 4.95. The van der Waals surface area contributed by atoms with Gasteiger partial charge in [0, 0.05) is 13.1 Å². The van der Waals surface area contributed by atoms with Crippen LogP contribution in [-0.4, -0.2) is 37.5 Å².